The van der Waals surface area contributed by atoms with Gasteiger partial charge in [-0.15, -0.1) is 0 Å². The van der Waals surface area contributed by atoms with Crippen LogP contribution in [0.2, 0.25) is 0 Å². The Morgan fingerprint density at radius 3 is 2.70 bits per heavy atom. The summed E-state index contributed by atoms with van der Waals surface area (Å²) in [6.45, 7) is 6.65. The van der Waals surface area contributed by atoms with Gasteiger partial charge in [0.25, 0.3) is 0 Å². The lowest BCUT2D eigenvalue weighted by atomic mass is 10.0. The van der Waals surface area contributed by atoms with Gasteiger partial charge in [-0.2, -0.15) is 0 Å². The van der Waals surface area contributed by atoms with Gasteiger partial charge in [-0.3, -0.25) is 0 Å². The van der Waals surface area contributed by atoms with Gasteiger partial charge in [0.05, 0.1) is 7.11 Å². The van der Waals surface area contributed by atoms with Crippen molar-refractivity contribution in [3.8, 4) is 11.5 Å². The van der Waals surface area contributed by atoms with E-state index in [0.717, 1.165) is 12.1 Å². The van der Waals surface area contributed by atoms with Crippen LogP contribution in [0.4, 0.5) is 0 Å². The Morgan fingerprint density at radius 1 is 1.35 bits per heavy atom. The van der Waals surface area contributed by atoms with Gasteiger partial charge in [-0.05, 0) is 56.6 Å². The Balaban J connectivity index is 1.77. The lowest BCUT2D eigenvalue weighted by Gasteiger charge is -2.32. The Hall–Kier alpha value is -1.26. The first kappa shape index (κ1) is 15.1. The second kappa shape index (κ2) is 7.50. The van der Waals surface area contributed by atoms with E-state index in [0.29, 0.717) is 11.8 Å². The van der Waals surface area contributed by atoms with E-state index in [-0.39, 0.29) is 5.75 Å². The molecule has 4 heteroatoms. The fourth-order valence-electron chi connectivity index (χ4n) is 2.78. The fraction of sp³-hybridized carbons (Fsp3) is 0.625. The summed E-state index contributed by atoms with van der Waals surface area (Å²) < 4.78 is 5.05. The van der Waals surface area contributed by atoms with Crippen LogP contribution in [-0.2, 0) is 6.54 Å². The second-order valence-electron chi connectivity index (χ2n) is 5.50. The first-order valence-electron chi connectivity index (χ1n) is 7.54. The van der Waals surface area contributed by atoms with Gasteiger partial charge >= 0.3 is 0 Å². The number of benzene rings is 1. The fourth-order valence-corrected chi connectivity index (χ4v) is 2.78. The van der Waals surface area contributed by atoms with Crippen molar-refractivity contribution >= 4 is 0 Å². The summed E-state index contributed by atoms with van der Waals surface area (Å²) in [4.78, 5) is 2.54. The number of hydrogen-bond donors (Lipinski definition) is 2. The van der Waals surface area contributed by atoms with Gasteiger partial charge in [0.15, 0.2) is 11.5 Å². The molecule has 0 bridgehead atoms. The quantitative estimate of drug-likeness (QED) is 0.838. The maximum absolute atomic E-state index is 9.76. The molecule has 0 unspecified atom stereocenters. The zero-order valence-corrected chi connectivity index (χ0v) is 12.6. The highest BCUT2D eigenvalue weighted by Gasteiger charge is 2.17. The van der Waals surface area contributed by atoms with Crippen LogP contribution >= 0.6 is 0 Å². The zero-order chi connectivity index (χ0) is 14.4. The highest BCUT2D eigenvalue weighted by atomic mass is 16.5. The van der Waals surface area contributed by atoms with Crippen LogP contribution in [0.3, 0.4) is 0 Å². The Labute approximate surface area is 121 Å². The predicted molar refractivity (Wildman–Crippen MR) is 81.3 cm³/mol. The van der Waals surface area contributed by atoms with Crippen LogP contribution in [-0.4, -0.2) is 42.8 Å². The molecular weight excluding hydrogens is 252 g/mol. The van der Waals surface area contributed by atoms with Crippen LogP contribution in [0.25, 0.3) is 0 Å². The van der Waals surface area contributed by atoms with Crippen LogP contribution in [0.5, 0.6) is 11.5 Å². The number of ether oxygens (including phenoxy) is 1. The molecule has 1 aromatic carbocycles. The van der Waals surface area contributed by atoms with Crippen molar-refractivity contribution in [1.82, 2.24) is 10.2 Å². The summed E-state index contributed by atoms with van der Waals surface area (Å²) in [6.07, 6.45) is 3.66. The minimum atomic E-state index is 0.213. The number of nitrogens with one attached hydrogen (secondary N) is 1. The van der Waals surface area contributed by atoms with E-state index < -0.39 is 0 Å². The third-order valence-corrected chi connectivity index (χ3v) is 3.97. The van der Waals surface area contributed by atoms with Gasteiger partial charge in [-0.25, -0.2) is 0 Å². The molecular formula is C16H26N2O2. The molecule has 1 saturated heterocycles. The average molecular weight is 278 g/mol. The van der Waals surface area contributed by atoms with E-state index in [4.69, 9.17) is 4.74 Å². The molecule has 0 spiro atoms. The number of hydrogen-bond acceptors (Lipinski definition) is 4. The first-order chi connectivity index (χ1) is 9.72. The number of phenols is 1. The van der Waals surface area contributed by atoms with Crippen LogP contribution in [0, 0.1) is 0 Å². The van der Waals surface area contributed by atoms with Gasteiger partial charge in [-0.1, -0.05) is 13.0 Å². The largest absolute Gasteiger partial charge is 0.504 e. The molecule has 112 valence electrons. The standard InChI is InChI=1S/C16H26N2O2/c1-3-8-18-9-6-14(7-10-18)17-12-13-4-5-16(20-2)15(19)11-13/h4-5,11,14,17,19H,3,6-10,12H2,1-2H3. The zero-order valence-electron chi connectivity index (χ0n) is 12.6. The molecule has 0 aliphatic carbocycles. The lowest BCUT2D eigenvalue weighted by Crippen LogP contribution is -2.42. The first-order valence-corrected chi connectivity index (χ1v) is 7.54. The number of rotatable bonds is 6. The van der Waals surface area contributed by atoms with Crippen molar-refractivity contribution in [2.45, 2.75) is 38.8 Å². The number of aromatic hydroxyl groups is 1. The van der Waals surface area contributed by atoms with E-state index >= 15 is 0 Å². The lowest BCUT2D eigenvalue weighted by molar-refractivity contribution is 0.197. The van der Waals surface area contributed by atoms with Crippen molar-refractivity contribution < 1.29 is 9.84 Å². The molecule has 0 atom stereocenters. The van der Waals surface area contributed by atoms with E-state index in [1.54, 1.807) is 13.2 Å². The monoisotopic (exact) mass is 278 g/mol. The van der Waals surface area contributed by atoms with Gasteiger partial charge in [0.1, 0.15) is 0 Å². The molecule has 2 N–H and O–H groups in total. The van der Waals surface area contributed by atoms with Crippen LogP contribution in [0.1, 0.15) is 31.7 Å². The maximum atomic E-state index is 9.76. The van der Waals surface area contributed by atoms with E-state index in [9.17, 15) is 5.11 Å². The average Bonchev–Trinajstić information content (AvgIpc) is 2.47. The smallest absolute Gasteiger partial charge is 0.160 e. The maximum Gasteiger partial charge on any atom is 0.160 e. The highest BCUT2D eigenvalue weighted by Crippen LogP contribution is 2.26. The van der Waals surface area contributed by atoms with E-state index in [1.807, 2.05) is 12.1 Å². The molecule has 1 aromatic rings. The topological polar surface area (TPSA) is 44.7 Å². The number of piperidine rings is 1. The number of likely N-dealkylation sites (tertiary alicyclic amines) is 1. The molecule has 1 heterocycles. The molecule has 1 aliphatic rings. The van der Waals surface area contributed by atoms with Crippen molar-refractivity contribution in [3.63, 3.8) is 0 Å². The normalized spacial score (nSPS) is 17.3. The van der Waals surface area contributed by atoms with Crippen LogP contribution < -0.4 is 10.1 Å². The van der Waals surface area contributed by atoms with Crippen LogP contribution in [0.15, 0.2) is 18.2 Å². The Kier molecular flexibility index (Phi) is 5.68. The van der Waals surface area contributed by atoms with Crippen molar-refractivity contribution in [2.75, 3.05) is 26.7 Å². The third-order valence-electron chi connectivity index (χ3n) is 3.97. The molecule has 0 radical (unpaired) electrons. The summed E-state index contributed by atoms with van der Waals surface area (Å²) in [5.74, 6) is 0.742. The second-order valence-corrected chi connectivity index (χ2v) is 5.50. The number of phenolic OH excluding ortho intramolecular Hbond substituents is 1. The number of nitrogens with zero attached hydrogens (tertiary/aromatic N) is 1. The summed E-state index contributed by atoms with van der Waals surface area (Å²) in [7, 11) is 1.57. The molecule has 2 rings (SSSR count). The third kappa shape index (κ3) is 4.12. The molecule has 0 saturated carbocycles. The molecule has 0 amide bonds. The van der Waals surface area contributed by atoms with Crippen molar-refractivity contribution in [2.24, 2.45) is 0 Å². The summed E-state index contributed by atoms with van der Waals surface area (Å²) in [6, 6.07) is 6.18. The summed E-state index contributed by atoms with van der Waals surface area (Å²) >= 11 is 0. The molecule has 4 nitrogen and oxygen atoms in total. The highest BCUT2D eigenvalue weighted by molar-refractivity contribution is 5.41. The molecule has 0 aromatic heterocycles. The van der Waals surface area contributed by atoms with Gasteiger partial charge < -0.3 is 20.1 Å². The van der Waals surface area contributed by atoms with E-state index in [2.05, 4.69) is 17.1 Å². The van der Waals surface area contributed by atoms with Crippen molar-refractivity contribution in [1.29, 1.82) is 0 Å². The van der Waals surface area contributed by atoms with Gasteiger partial charge in [0, 0.05) is 12.6 Å². The van der Waals surface area contributed by atoms with Gasteiger partial charge in [0.2, 0.25) is 0 Å². The molecule has 1 fully saturated rings. The Morgan fingerprint density at radius 2 is 2.10 bits per heavy atom. The summed E-state index contributed by atoms with van der Waals surface area (Å²) in [5.41, 5.74) is 1.10. The molecule has 20 heavy (non-hydrogen) atoms. The Bertz CT molecular complexity index is 415. The molecule has 1 aliphatic heterocycles. The van der Waals surface area contributed by atoms with E-state index in [1.165, 1.54) is 38.9 Å². The minimum absolute atomic E-state index is 0.213. The predicted octanol–water partition coefficient (Wildman–Crippen LogP) is 2.36. The minimum Gasteiger partial charge on any atom is -0.504 e. The summed E-state index contributed by atoms with van der Waals surface area (Å²) in [5, 5.41) is 13.3. The van der Waals surface area contributed by atoms with Crippen molar-refractivity contribution in [3.05, 3.63) is 23.8 Å². The number of methoxy groups -OCH3 is 1. The SMILES string of the molecule is CCCN1CCC(NCc2ccc(OC)c(O)c2)CC1.